The number of nitrogens with zero attached hydrogens (tertiary/aromatic N) is 2. The number of halogens is 1. The van der Waals surface area contributed by atoms with E-state index in [-0.39, 0.29) is 11.5 Å². The zero-order chi connectivity index (χ0) is 17.8. The number of nitrogens with one attached hydrogen (secondary N) is 1. The average molecular weight is 357 g/mol. The van der Waals surface area contributed by atoms with E-state index >= 15 is 0 Å². The number of amides is 1. The molecule has 3 aromatic rings. The number of aromatic nitrogens is 1. The second kappa shape index (κ2) is 7.18. The molecule has 6 nitrogen and oxygen atoms in total. The topological polar surface area (TPSA) is 85.1 Å². The molecule has 0 fully saturated rings. The van der Waals surface area contributed by atoms with E-state index in [4.69, 9.17) is 0 Å². The van der Waals surface area contributed by atoms with Crippen LogP contribution >= 0.6 is 11.3 Å². The van der Waals surface area contributed by atoms with Gasteiger partial charge in [-0.2, -0.15) is 0 Å². The van der Waals surface area contributed by atoms with Gasteiger partial charge < -0.3 is 0 Å². The molecule has 3 rings (SSSR count). The lowest BCUT2D eigenvalue weighted by atomic mass is 10.1. The molecule has 1 amide bonds. The van der Waals surface area contributed by atoms with Crippen LogP contribution in [0.3, 0.4) is 0 Å². The molecule has 0 spiro atoms. The fourth-order valence-corrected chi connectivity index (χ4v) is 3.00. The summed E-state index contributed by atoms with van der Waals surface area (Å²) in [7, 11) is 0. The molecule has 0 unspecified atom stereocenters. The van der Waals surface area contributed by atoms with Crippen LogP contribution in [0.25, 0.3) is 0 Å². The molecular weight excluding hydrogens is 345 g/mol. The van der Waals surface area contributed by atoms with Crippen LogP contribution in [0.1, 0.15) is 20.8 Å². The lowest BCUT2D eigenvalue weighted by molar-refractivity contribution is -0.384. The van der Waals surface area contributed by atoms with E-state index in [1.54, 1.807) is 18.3 Å². The van der Waals surface area contributed by atoms with Gasteiger partial charge in [-0.1, -0.05) is 12.1 Å². The smallest absolute Gasteiger partial charge is 0.269 e. The first-order valence-corrected chi connectivity index (χ1v) is 8.08. The van der Waals surface area contributed by atoms with Gasteiger partial charge >= 0.3 is 0 Å². The standard InChI is InChI=1S/C17H12FN3O3S/c18-13-5-1-11(2-6-13)9-15-10-19-17(25-15)20-16(22)12-3-7-14(8-4-12)21(23)24/h1-8,10H,9H2,(H,19,20,22). The minimum absolute atomic E-state index is 0.0765. The summed E-state index contributed by atoms with van der Waals surface area (Å²) in [6.45, 7) is 0. The summed E-state index contributed by atoms with van der Waals surface area (Å²) < 4.78 is 12.9. The number of nitro benzene ring substituents is 1. The third kappa shape index (κ3) is 4.24. The van der Waals surface area contributed by atoms with Crippen molar-refractivity contribution in [1.82, 2.24) is 4.98 Å². The third-order valence-corrected chi connectivity index (χ3v) is 4.32. The van der Waals surface area contributed by atoms with Crippen molar-refractivity contribution in [2.75, 3.05) is 5.32 Å². The lowest BCUT2D eigenvalue weighted by Gasteiger charge is -2.01. The number of carbonyl (C=O) groups is 1. The maximum absolute atomic E-state index is 12.9. The quantitative estimate of drug-likeness (QED) is 0.552. The van der Waals surface area contributed by atoms with E-state index in [2.05, 4.69) is 10.3 Å². The Bertz CT molecular complexity index is 908. The molecule has 1 heterocycles. The predicted molar refractivity (Wildman–Crippen MR) is 92.4 cm³/mol. The molecule has 1 aromatic heterocycles. The van der Waals surface area contributed by atoms with Crippen LogP contribution in [0.2, 0.25) is 0 Å². The molecule has 0 saturated carbocycles. The van der Waals surface area contributed by atoms with E-state index in [1.807, 2.05) is 0 Å². The van der Waals surface area contributed by atoms with Crippen molar-refractivity contribution in [1.29, 1.82) is 0 Å². The zero-order valence-electron chi connectivity index (χ0n) is 12.8. The second-order valence-corrected chi connectivity index (χ2v) is 6.31. The zero-order valence-corrected chi connectivity index (χ0v) is 13.6. The van der Waals surface area contributed by atoms with Crippen molar-refractivity contribution in [3.63, 3.8) is 0 Å². The number of non-ortho nitro benzene ring substituents is 1. The molecular formula is C17H12FN3O3S. The molecule has 0 saturated heterocycles. The minimum atomic E-state index is -0.524. The summed E-state index contributed by atoms with van der Waals surface area (Å²) >= 11 is 1.32. The van der Waals surface area contributed by atoms with Gasteiger partial charge in [-0.05, 0) is 29.8 Å². The first-order chi connectivity index (χ1) is 12.0. The van der Waals surface area contributed by atoms with Crippen LogP contribution in [0.5, 0.6) is 0 Å². The largest absolute Gasteiger partial charge is 0.298 e. The molecule has 0 radical (unpaired) electrons. The highest BCUT2D eigenvalue weighted by Gasteiger charge is 2.12. The Morgan fingerprint density at radius 1 is 1.16 bits per heavy atom. The Hall–Kier alpha value is -3.13. The van der Waals surface area contributed by atoms with Gasteiger partial charge in [0.25, 0.3) is 11.6 Å². The highest BCUT2D eigenvalue weighted by atomic mass is 32.1. The van der Waals surface area contributed by atoms with Crippen LogP contribution in [-0.2, 0) is 6.42 Å². The predicted octanol–water partition coefficient (Wildman–Crippen LogP) is 4.03. The maximum atomic E-state index is 12.9. The van der Waals surface area contributed by atoms with Gasteiger partial charge in [0.15, 0.2) is 5.13 Å². The molecule has 0 atom stereocenters. The monoisotopic (exact) mass is 357 g/mol. The van der Waals surface area contributed by atoms with Crippen LogP contribution in [-0.4, -0.2) is 15.8 Å². The summed E-state index contributed by atoms with van der Waals surface area (Å²) in [5.74, 6) is -0.679. The highest BCUT2D eigenvalue weighted by molar-refractivity contribution is 7.15. The van der Waals surface area contributed by atoms with E-state index in [9.17, 15) is 19.3 Å². The number of hydrogen-bond donors (Lipinski definition) is 1. The van der Waals surface area contributed by atoms with E-state index in [1.165, 1.54) is 47.7 Å². The Morgan fingerprint density at radius 2 is 1.84 bits per heavy atom. The van der Waals surface area contributed by atoms with Crippen molar-refractivity contribution in [2.24, 2.45) is 0 Å². The molecule has 0 aliphatic rings. The Labute approximate surface area is 146 Å². The Balaban J connectivity index is 1.65. The summed E-state index contributed by atoms with van der Waals surface area (Å²) in [5.41, 5.74) is 1.17. The number of rotatable bonds is 5. The van der Waals surface area contributed by atoms with Gasteiger partial charge in [0.1, 0.15) is 5.82 Å². The van der Waals surface area contributed by atoms with Crippen molar-refractivity contribution in [2.45, 2.75) is 6.42 Å². The van der Waals surface area contributed by atoms with Crippen molar-refractivity contribution in [3.05, 3.63) is 86.7 Å². The molecule has 0 bridgehead atoms. The lowest BCUT2D eigenvalue weighted by Crippen LogP contribution is -2.11. The minimum Gasteiger partial charge on any atom is -0.298 e. The van der Waals surface area contributed by atoms with Gasteiger partial charge in [-0.3, -0.25) is 20.2 Å². The second-order valence-electron chi connectivity index (χ2n) is 5.19. The number of benzene rings is 2. The number of carbonyl (C=O) groups excluding carboxylic acids is 1. The van der Waals surface area contributed by atoms with Gasteiger partial charge in [0.05, 0.1) is 4.92 Å². The SMILES string of the molecule is O=C(Nc1ncc(Cc2ccc(F)cc2)s1)c1ccc([N+](=O)[O-])cc1. The number of hydrogen-bond acceptors (Lipinski definition) is 5. The van der Waals surface area contributed by atoms with Gasteiger partial charge in [-0.15, -0.1) is 11.3 Å². The van der Waals surface area contributed by atoms with Gasteiger partial charge in [0, 0.05) is 35.2 Å². The Morgan fingerprint density at radius 3 is 2.48 bits per heavy atom. The molecule has 0 aliphatic heterocycles. The molecule has 1 N–H and O–H groups in total. The first kappa shape index (κ1) is 16.7. The molecule has 0 aliphatic carbocycles. The van der Waals surface area contributed by atoms with Gasteiger partial charge in [-0.25, -0.2) is 9.37 Å². The number of anilines is 1. The molecule has 2 aromatic carbocycles. The first-order valence-electron chi connectivity index (χ1n) is 7.26. The molecule has 25 heavy (non-hydrogen) atoms. The normalized spacial score (nSPS) is 10.4. The van der Waals surface area contributed by atoms with Crippen molar-refractivity contribution < 1.29 is 14.1 Å². The number of thiazole rings is 1. The van der Waals surface area contributed by atoms with E-state index in [0.29, 0.717) is 17.1 Å². The van der Waals surface area contributed by atoms with Gasteiger partial charge in [0.2, 0.25) is 0 Å². The van der Waals surface area contributed by atoms with Crippen LogP contribution in [0.15, 0.2) is 54.7 Å². The summed E-state index contributed by atoms with van der Waals surface area (Å²) in [4.78, 5) is 27.3. The van der Waals surface area contributed by atoms with Crippen molar-refractivity contribution in [3.8, 4) is 0 Å². The summed E-state index contributed by atoms with van der Waals surface area (Å²) in [6.07, 6.45) is 2.24. The van der Waals surface area contributed by atoms with E-state index in [0.717, 1.165) is 10.4 Å². The fourth-order valence-electron chi connectivity index (χ4n) is 2.15. The van der Waals surface area contributed by atoms with Crippen LogP contribution in [0, 0.1) is 15.9 Å². The highest BCUT2D eigenvalue weighted by Crippen LogP contribution is 2.22. The summed E-state index contributed by atoms with van der Waals surface area (Å²) in [5, 5.41) is 13.7. The molecule has 8 heteroatoms. The van der Waals surface area contributed by atoms with Crippen LogP contribution < -0.4 is 5.32 Å². The van der Waals surface area contributed by atoms with E-state index < -0.39 is 10.8 Å². The maximum Gasteiger partial charge on any atom is 0.269 e. The number of nitro groups is 1. The van der Waals surface area contributed by atoms with Crippen molar-refractivity contribution >= 4 is 28.1 Å². The third-order valence-electron chi connectivity index (χ3n) is 3.41. The fraction of sp³-hybridized carbons (Fsp3) is 0.0588. The molecule has 126 valence electrons. The summed E-state index contributed by atoms with van der Waals surface area (Å²) in [6, 6.07) is 11.5. The average Bonchev–Trinajstić information content (AvgIpc) is 3.04. The van der Waals surface area contributed by atoms with Crippen LogP contribution in [0.4, 0.5) is 15.2 Å². The Kier molecular flexibility index (Phi) is 4.80.